The Kier molecular flexibility index (Phi) is 4.68. The molecule has 22 heavy (non-hydrogen) atoms. The van der Waals surface area contributed by atoms with Crippen molar-refractivity contribution in [2.24, 2.45) is 0 Å². The standard InChI is InChI=1S/C16H22N2O4/c1-2-20-15(19)12-17-6-8-18(9-7-17)13-4-3-5-14-16(13)22-11-10-21-14/h3-5H,2,6-12H2,1H3. The second-order valence-corrected chi connectivity index (χ2v) is 5.37. The molecular formula is C16H22N2O4. The van der Waals surface area contributed by atoms with Gasteiger partial charge in [-0.3, -0.25) is 9.69 Å². The number of ether oxygens (including phenoxy) is 3. The van der Waals surface area contributed by atoms with E-state index in [2.05, 4.69) is 15.9 Å². The topological polar surface area (TPSA) is 51.2 Å². The van der Waals surface area contributed by atoms with Crippen LogP contribution in [0.5, 0.6) is 11.5 Å². The van der Waals surface area contributed by atoms with Gasteiger partial charge in [-0.2, -0.15) is 0 Å². The van der Waals surface area contributed by atoms with Crippen molar-refractivity contribution in [3.05, 3.63) is 18.2 Å². The van der Waals surface area contributed by atoms with E-state index in [1.54, 1.807) is 0 Å². The van der Waals surface area contributed by atoms with Crippen molar-refractivity contribution in [2.75, 3.05) is 57.4 Å². The van der Waals surface area contributed by atoms with E-state index in [4.69, 9.17) is 14.2 Å². The quantitative estimate of drug-likeness (QED) is 0.778. The zero-order valence-corrected chi connectivity index (χ0v) is 12.9. The molecular weight excluding hydrogens is 284 g/mol. The van der Waals surface area contributed by atoms with Gasteiger partial charge in [0, 0.05) is 26.2 Å². The highest BCUT2D eigenvalue weighted by atomic mass is 16.6. The van der Waals surface area contributed by atoms with Gasteiger partial charge in [0.15, 0.2) is 11.5 Å². The lowest BCUT2D eigenvalue weighted by atomic mass is 10.2. The third-order valence-electron chi connectivity index (χ3n) is 3.92. The predicted octanol–water partition coefficient (Wildman–Crippen LogP) is 1.14. The maximum absolute atomic E-state index is 11.5. The van der Waals surface area contributed by atoms with Gasteiger partial charge in [0.1, 0.15) is 13.2 Å². The van der Waals surface area contributed by atoms with E-state index in [-0.39, 0.29) is 5.97 Å². The largest absolute Gasteiger partial charge is 0.486 e. The Morgan fingerprint density at radius 1 is 1.18 bits per heavy atom. The normalized spacial score (nSPS) is 18.1. The number of carbonyl (C=O) groups excluding carboxylic acids is 1. The summed E-state index contributed by atoms with van der Waals surface area (Å²) in [4.78, 5) is 16.0. The summed E-state index contributed by atoms with van der Waals surface area (Å²) in [6, 6.07) is 6.00. The van der Waals surface area contributed by atoms with Gasteiger partial charge in [-0.25, -0.2) is 0 Å². The summed E-state index contributed by atoms with van der Waals surface area (Å²) in [6.45, 7) is 7.22. The molecule has 0 unspecified atom stereocenters. The van der Waals surface area contributed by atoms with Gasteiger partial charge in [0.05, 0.1) is 18.8 Å². The monoisotopic (exact) mass is 306 g/mol. The first kappa shape index (κ1) is 15.0. The molecule has 0 saturated carbocycles. The molecule has 0 atom stereocenters. The van der Waals surface area contributed by atoms with Crippen molar-refractivity contribution in [1.29, 1.82) is 0 Å². The first-order valence-corrected chi connectivity index (χ1v) is 7.79. The number of hydrogen-bond donors (Lipinski definition) is 0. The Hall–Kier alpha value is -1.95. The van der Waals surface area contributed by atoms with Crippen molar-refractivity contribution in [3.8, 4) is 11.5 Å². The lowest BCUT2D eigenvalue weighted by molar-refractivity contribution is -0.144. The molecule has 0 bridgehead atoms. The summed E-state index contributed by atoms with van der Waals surface area (Å²) in [5.41, 5.74) is 1.08. The van der Waals surface area contributed by atoms with E-state index in [0.717, 1.165) is 43.4 Å². The molecule has 0 aliphatic carbocycles. The molecule has 120 valence electrons. The third kappa shape index (κ3) is 3.27. The molecule has 6 heteroatoms. The van der Waals surface area contributed by atoms with Crippen LogP contribution >= 0.6 is 0 Å². The van der Waals surface area contributed by atoms with Gasteiger partial charge < -0.3 is 19.1 Å². The van der Waals surface area contributed by atoms with Crippen LogP contribution in [-0.4, -0.2) is 63.4 Å². The van der Waals surface area contributed by atoms with Gasteiger partial charge in [-0.15, -0.1) is 0 Å². The van der Waals surface area contributed by atoms with E-state index >= 15 is 0 Å². The smallest absolute Gasteiger partial charge is 0.320 e. The van der Waals surface area contributed by atoms with Crippen LogP contribution in [0.25, 0.3) is 0 Å². The molecule has 1 aromatic rings. The average molecular weight is 306 g/mol. The number of rotatable bonds is 4. The molecule has 0 spiro atoms. The van der Waals surface area contributed by atoms with Crippen LogP contribution in [0.1, 0.15) is 6.92 Å². The second kappa shape index (κ2) is 6.87. The number of esters is 1. The first-order chi connectivity index (χ1) is 10.8. The summed E-state index contributed by atoms with van der Waals surface area (Å²) in [6.07, 6.45) is 0. The summed E-state index contributed by atoms with van der Waals surface area (Å²) in [5.74, 6) is 1.51. The highest BCUT2D eigenvalue weighted by Gasteiger charge is 2.24. The molecule has 0 amide bonds. The van der Waals surface area contributed by atoms with Crippen LogP contribution < -0.4 is 14.4 Å². The lowest BCUT2D eigenvalue weighted by Gasteiger charge is -2.36. The number of piperazine rings is 1. The fraction of sp³-hybridized carbons (Fsp3) is 0.562. The van der Waals surface area contributed by atoms with E-state index in [1.165, 1.54) is 0 Å². The van der Waals surface area contributed by atoms with Crippen molar-refractivity contribution in [2.45, 2.75) is 6.92 Å². The summed E-state index contributed by atoms with van der Waals surface area (Å²) < 4.78 is 16.4. The predicted molar refractivity (Wildman–Crippen MR) is 82.7 cm³/mol. The zero-order valence-electron chi connectivity index (χ0n) is 12.9. The summed E-state index contributed by atoms with van der Waals surface area (Å²) >= 11 is 0. The highest BCUT2D eigenvalue weighted by molar-refractivity contribution is 5.71. The molecule has 1 aromatic carbocycles. The number of para-hydroxylation sites is 1. The number of hydrogen-bond acceptors (Lipinski definition) is 6. The minimum absolute atomic E-state index is 0.148. The van der Waals surface area contributed by atoms with Crippen LogP contribution in [0.3, 0.4) is 0 Å². The van der Waals surface area contributed by atoms with Crippen molar-refractivity contribution in [3.63, 3.8) is 0 Å². The maximum Gasteiger partial charge on any atom is 0.320 e. The third-order valence-corrected chi connectivity index (χ3v) is 3.92. The molecule has 0 radical (unpaired) electrons. The lowest BCUT2D eigenvalue weighted by Crippen LogP contribution is -2.48. The van der Waals surface area contributed by atoms with E-state index in [9.17, 15) is 4.79 Å². The van der Waals surface area contributed by atoms with Gasteiger partial charge in [-0.1, -0.05) is 6.07 Å². The highest BCUT2D eigenvalue weighted by Crippen LogP contribution is 2.39. The van der Waals surface area contributed by atoms with Crippen molar-refractivity contribution >= 4 is 11.7 Å². The van der Waals surface area contributed by atoms with Crippen molar-refractivity contribution in [1.82, 2.24) is 4.90 Å². The Morgan fingerprint density at radius 3 is 2.73 bits per heavy atom. The molecule has 2 heterocycles. The number of benzene rings is 1. The van der Waals surface area contributed by atoms with Crippen LogP contribution in [0.15, 0.2) is 18.2 Å². The number of nitrogens with zero attached hydrogens (tertiary/aromatic N) is 2. The van der Waals surface area contributed by atoms with Crippen molar-refractivity contribution < 1.29 is 19.0 Å². The average Bonchev–Trinajstić information content (AvgIpc) is 2.55. The molecule has 6 nitrogen and oxygen atoms in total. The molecule has 2 aliphatic heterocycles. The Bertz CT molecular complexity index is 527. The molecule has 0 N–H and O–H groups in total. The minimum Gasteiger partial charge on any atom is -0.486 e. The SMILES string of the molecule is CCOC(=O)CN1CCN(c2cccc3c2OCCO3)CC1. The number of carbonyl (C=O) groups is 1. The fourth-order valence-corrected chi connectivity index (χ4v) is 2.84. The molecule has 1 saturated heterocycles. The van der Waals surface area contributed by atoms with Gasteiger partial charge in [0.2, 0.25) is 0 Å². The second-order valence-electron chi connectivity index (χ2n) is 5.37. The molecule has 2 aliphatic rings. The van der Waals surface area contributed by atoms with E-state index < -0.39 is 0 Å². The van der Waals surface area contributed by atoms with Crippen LogP contribution in [0.2, 0.25) is 0 Å². The Labute approximate surface area is 130 Å². The molecule has 3 rings (SSSR count). The van der Waals surface area contributed by atoms with Gasteiger partial charge in [0.25, 0.3) is 0 Å². The Morgan fingerprint density at radius 2 is 1.95 bits per heavy atom. The van der Waals surface area contributed by atoms with Crippen LogP contribution in [0, 0.1) is 0 Å². The van der Waals surface area contributed by atoms with Crippen LogP contribution in [-0.2, 0) is 9.53 Å². The number of anilines is 1. The maximum atomic E-state index is 11.5. The summed E-state index contributed by atoms with van der Waals surface area (Å²) in [7, 11) is 0. The van der Waals surface area contributed by atoms with Gasteiger partial charge in [-0.05, 0) is 19.1 Å². The van der Waals surface area contributed by atoms with E-state index in [1.807, 2.05) is 19.1 Å². The molecule has 0 aromatic heterocycles. The van der Waals surface area contributed by atoms with Crippen LogP contribution in [0.4, 0.5) is 5.69 Å². The summed E-state index contributed by atoms with van der Waals surface area (Å²) in [5, 5.41) is 0. The molecule has 1 fully saturated rings. The van der Waals surface area contributed by atoms with Gasteiger partial charge >= 0.3 is 5.97 Å². The minimum atomic E-state index is -0.148. The Balaban J connectivity index is 1.61. The fourth-order valence-electron chi connectivity index (χ4n) is 2.84. The van der Waals surface area contributed by atoms with E-state index in [0.29, 0.717) is 26.4 Å². The first-order valence-electron chi connectivity index (χ1n) is 7.79. The zero-order chi connectivity index (χ0) is 15.4. The number of fused-ring (bicyclic) bond motifs is 1.